The maximum absolute atomic E-state index is 12.8. The molecule has 0 spiro atoms. The van der Waals surface area contributed by atoms with Gasteiger partial charge in [-0.2, -0.15) is 0 Å². The van der Waals surface area contributed by atoms with E-state index in [0.717, 1.165) is 11.3 Å². The first kappa shape index (κ1) is 12.4. The van der Waals surface area contributed by atoms with Gasteiger partial charge < -0.3 is 10.4 Å². The fraction of sp³-hybridized carbons (Fsp3) is 0.231. The lowest BCUT2D eigenvalue weighted by Gasteiger charge is -2.07. The molecule has 0 aliphatic carbocycles. The Labute approximate surface area is 105 Å². The molecule has 0 atom stereocenters. The monoisotopic (exact) mass is 247 g/mol. The molecule has 2 rings (SSSR count). The minimum absolute atomic E-state index is 0.0366. The molecule has 0 fully saturated rings. The minimum Gasteiger partial charge on any atom is -0.395 e. The molecule has 2 aromatic rings. The van der Waals surface area contributed by atoms with Gasteiger partial charge in [0.2, 0.25) is 0 Å². The van der Waals surface area contributed by atoms with Crippen LogP contribution in [0, 0.1) is 12.7 Å². The average Bonchev–Trinajstić information content (AvgIpc) is 2.36. The summed E-state index contributed by atoms with van der Waals surface area (Å²) >= 11 is 0. The first-order chi connectivity index (χ1) is 8.69. The molecule has 0 aliphatic rings. The van der Waals surface area contributed by atoms with Crippen LogP contribution in [0.1, 0.15) is 5.69 Å². The van der Waals surface area contributed by atoms with E-state index in [9.17, 15) is 4.39 Å². The highest BCUT2D eigenvalue weighted by Gasteiger charge is 2.05. The van der Waals surface area contributed by atoms with Crippen LogP contribution in [0.15, 0.2) is 30.3 Å². The Morgan fingerprint density at radius 1 is 1.22 bits per heavy atom. The van der Waals surface area contributed by atoms with Gasteiger partial charge in [-0.1, -0.05) is 0 Å². The van der Waals surface area contributed by atoms with Crippen molar-refractivity contribution >= 4 is 5.82 Å². The number of halogens is 1. The highest BCUT2D eigenvalue weighted by molar-refractivity contribution is 5.57. The molecule has 0 bridgehead atoms. The Morgan fingerprint density at radius 2 is 1.94 bits per heavy atom. The molecule has 0 radical (unpaired) electrons. The highest BCUT2D eigenvalue weighted by Crippen LogP contribution is 2.18. The maximum Gasteiger partial charge on any atom is 0.161 e. The average molecular weight is 247 g/mol. The zero-order chi connectivity index (χ0) is 13.0. The van der Waals surface area contributed by atoms with Crippen molar-refractivity contribution in [2.45, 2.75) is 6.92 Å². The third-order valence-corrected chi connectivity index (χ3v) is 2.37. The van der Waals surface area contributed by atoms with E-state index in [0.29, 0.717) is 18.2 Å². The molecule has 0 saturated carbocycles. The van der Waals surface area contributed by atoms with Crippen LogP contribution < -0.4 is 5.32 Å². The highest BCUT2D eigenvalue weighted by atomic mass is 19.1. The fourth-order valence-electron chi connectivity index (χ4n) is 1.57. The molecule has 1 aromatic carbocycles. The number of rotatable bonds is 4. The smallest absolute Gasteiger partial charge is 0.161 e. The van der Waals surface area contributed by atoms with Crippen molar-refractivity contribution in [1.29, 1.82) is 0 Å². The molecule has 5 heteroatoms. The van der Waals surface area contributed by atoms with Gasteiger partial charge in [0, 0.05) is 23.9 Å². The van der Waals surface area contributed by atoms with Crippen LogP contribution in [0.25, 0.3) is 11.4 Å². The first-order valence-corrected chi connectivity index (χ1v) is 5.65. The van der Waals surface area contributed by atoms with Crippen molar-refractivity contribution in [1.82, 2.24) is 9.97 Å². The summed E-state index contributed by atoms with van der Waals surface area (Å²) in [6.45, 7) is 2.33. The number of anilines is 1. The van der Waals surface area contributed by atoms with Gasteiger partial charge in [-0.3, -0.25) is 0 Å². The lowest BCUT2D eigenvalue weighted by molar-refractivity contribution is 0.311. The largest absolute Gasteiger partial charge is 0.395 e. The maximum atomic E-state index is 12.8. The Hall–Kier alpha value is -2.01. The molecule has 0 amide bonds. The Kier molecular flexibility index (Phi) is 3.84. The van der Waals surface area contributed by atoms with Gasteiger partial charge in [-0.25, -0.2) is 14.4 Å². The number of aryl methyl sites for hydroxylation is 1. The van der Waals surface area contributed by atoms with Crippen LogP contribution in [0.3, 0.4) is 0 Å². The summed E-state index contributed by atoms with van der Waals surface area (Å²) in [5, 5.41) is 11.7. The number of nitrogens with zero attached hydrogens (tertiary/aromatic N) is 2. The van der Waals surface area contributed by atoms with Crippen molar-refractivity contribution in [3.63, 3.8) is 0 Å². The molecule has 94 valence electrons. The summed E-state index contributed by atoms with van der Waals surface area (Å²) in [5.41, 5.74) is 1.57. The SMILES string of the molecule is Cc1cc(NCCO)nc(-c2ccc(F)cc2)n1. The van der Waals surface area contributed by atoms with E-state index in [4.69, 9.17) is 5.11 Å². The quantitative estimate of drug-likeness (QED) is 0.867. The van der Waals surface area contributed by atoms with Gasteiger partial charge in [0.15, 0.2) is 5.82 Å². The Balaban J connectivity index is 2.32. The van der Waals surface area contributed by atoms with Gasteiger partial charge in [0.05, 0.1) is 6.61 Å². The van der Waals surface area contributed by atoms with Crippen LogP contribution in [0.2, 0.25) is 0 Å². The molecule has 0 aliphatic heterocycles. The van der Waals surface area contributed by atoms with Gasteiger partial charge in [-0.05, 0) is 31.2 Å². The summed E-state index contributed by atoms with van der Waals surface area (Å²) < 4.78 is 12.8. The molecule has 0 unspecified atom stereocenters. The molecule has 1 aromatic heterocycles. The van der Waals surface area contributed by atoms with E-state index in [-0.39, 0.29) is 12.4 Å². The van der Waals surface area contributed by atoms with Crippen molar-refractivity contribution in [2.24, 2.45) is 0 Å². The Morgan fingerprint density at radius 3 is 2.61 bits per heavy atom. The van der Waals surface area contributed by atoms with Gasteiger partial charge in [-0.15, -0.1) is 0 Å². The second-order valence-corrected chi connectivity index (χ2v) is 3.88. The number of benzene rings is 1. The van der Waals surface area contributed by atoms with E-state index in [2.05, 4.69) is 15.3 Å². The second kappa shape index (κ2) is 5.55. The summed E-state index contributed by atoms with van der Waals surface area (Å²) in [6.07, 6.45) is 0. The van der Waals surface area contributed by atoms with Crippen LogP contribution in [-0.4, -0.2) is 28.2 Å². The lowest BCUT2D eigenvalue weighted by atomic mass is 10.2. The summed E-state index contributed by atoms with van der Waals surface area (Å²) in [7, 11) is 0. The molecule has 0 saturated heterocycles. The second-order valence-electron chi connectivity index (χ2n) is 3.88. The number of hydrogen-bond donors (Lipinski definition) is 2. The van der Waals surface area contributed by atoms with E-state index < -0.39 is 0 Å². The van der Waals surface area contributed by atoms with Crippen molar-refractivity contribution in [2.75, 3.05) is 18.5 Å². The van der Waals surface area contributed by atoms with Crippen LogP contribution in [0.4, 0.5) is 10.2 Å². The number of aliphatic hydroxyl groups is 1. The summed E-state index contributed by atoms with van der Waals surface area (Å²) in [6, 6.07) is 7.83. The number of hydrogen-bond acceptors (Lipinski definition) is 4. The lowest BCUT2D eigenvalue weighted by Crippen LogP contribution is -2.08. The number of aliphatic hydroxyl groups excluding tert-OH is 1. The normalized spacial score (nSPS) is 10.4. The molecule has 2 N–H and O–H groups in total. The molecular formula is C13H14FN3O. The van der Waals surface area contributed by atoms with Gasteiger partial charge in [0.1, 0.15) is 11.6 Å². The number of nitrogens with one attached hydrogen (secondary N) is 1. The standard InChI is InChI=1S/C13H14FN3O/c1-9-8-12(15-6-7-18)17-13(16-9)10-2-4-11(14)5-3-10/h2-5,8,18H,6-7H2,1H3,(H,15,16,17). The van der Waals surface area contributed by atoms with Crippen molar-refractivity contribution in [3.05, 3.63) is 41.8 Å². The van der Waals surface area contributed by atoms with Gasteiger partial charge in [0.25, 0.3) is 0 Å². The Bertz CT molecular complexity index is 528. The predicted octanol–water partition coefficient (Wildman–Crippen LogP) is 2.00. The summed E-state index contributed by atoms with van der Waals surface area (Å²) in [5.74, 6) is 0.899. The predicted molar refractivity (Wildman–Crippen MR) is 67.7 cm³/mol. The third kappa shape index (κ3) is 3.01. The van der Waals surface area contributed by atoms with Crippen molar-refractivity contribution in [3.8, 4) is 11.4 Å². The zero-order valence-corrected chi connectivity index (χ0v) is 10.0. The zero-order valence-electron chi connectivity index (χ0n) is 10.0. The fourth-order valence-corrected chi connectivity index (χ4v) is 1.57. The van der Waals surface area contributed by atoms with E-state index in [1.54, 1.807) is 18.2 Å². The molecular weight excluding hydrogens is 233 g/mol. The minimum atomic E-state index is -0.287. The topological polar surface area (TPSA) is 58.0 Å². The summed E-state index contributed by atoms with van der Waals surface area (Å²) in [4.78, 5) is 8.62. The van der Waals surface area contributed by atoms with Crippen LogP contribution >= 0.6 is 0 Å². The van der Waals surface area contributed by atoms with E-state index in [1.165, 1.54) is 12.1 Å². The third-order valence-electron chi connectivity index (χ3n) is 2.37. The number of aromatic nitrogens is 2. The molecule has 18 heavy (non-hydrogen) atoms. The van der Waals surface area contributed by atoms with E-state index in [1.807, 2.05) is 6.92 Å². The van der Waals surface area contributed by atoms with Gasteiger partial charge >= 0.3 is 0 Å². The van der Waals surface area contributed by atoms with Crippen LogP contribution in [0.5, 0.6) is 0 Å². The van der Waals surface area contributed by atoms with Crippen molar-refractivity contribution < 1.29 is 9.50 Å². The molecule has 4 nitrogen and oxygen atoms in total. The first-order valence-electron chi connectivity index (χ1n) is 5.65. The molecule has 1 heterocycles. The van der Waals surface area contributed by atoms with Crippen LogP contribution in [-0.2, 0) is 0 Å². The van der Waals surface area contributed by atoms with E-state index >= 15 is 0 Å².